The Morgan fingerprint density at radius 2 is 2.05 bits per heavy atom. The molecule has 114 valence electrons. The Morgan fingerprint density at radius 3 is 2.77 bits per heavy atom. The first-order valence-corrected chi connectivity index (χ1v) is 7.15. The summed E-state index contributed by atoms with van der Waals surface area (Å²) >= 11 is 12.2. The highest BCUT2D eigenvalue weighted by molar-refractivity contribution is 6.33. The number of rotatable bonds is 2. The molecule has 0 saturated carbocycles. The summed E-state index contributed by atoms with van der Waals surface area (Å²) in [6, 6.07) is 0. The van der Waals surface area contributed by atoms with Gasteiger partial charge in [-0.1, -0.05) is 23.2 Å². The van der Waals surface area contributed by atoms with Crippen molar-refractivity contribution in [3.63, 3.8) is 0 Å². The number of imidazole rings is 1. The molecule has 2 N–H and O–H groups in total. The van der Waals surface area contributed by atoms with Crippen molar-refractivity contribution >= 4 is 40.3 Å². The number of aryl methyl sites for hydroxylation is 1. The van der Waals surface area contributed by atoms with Gasteiger partial charge in [-0.25, -0.2) is 4.98 Å². The summed E-state index contributed by atoms with van der Waals surface area (Å²) in [5.74, 6) is 0.0490. The zero-order valence-electron chi connectivity index (χ0n) is 11.8. The lowest BCUT2D eigenvalue weighted by Gasteiger charge is -2.11. The molecule has 0 spiro atoms. The number of nitrogens with zero attached hydrogens (tertiary/aromatic N) is 5. The van der Waals surface area contributed by atoms with Gasteiger partial charge in [0.2, 0.25) is 11.6 Å². The molecule has 0 aliphatic rings. The molecule has 0 atom stereocenters. The van der Waals surface area contributed by atoms with Gasteiger partial charge in [0.15, 0.2) is 17.0 Å². The van der Waals surface area contributed by atoms with E-state index in [-0.39, 0.29) is 17.6 Å². The molecule has 3 heterocycles. The number of hydrogen-bond acceptors (Lipinski definition) is 5. The second kappa shape index (κ2) is 5.26. The molecule has 0 unspecified atom stereocenters. The van der Waals surface area contributed by atoms with Crippen LogP contribution in [-0.2, 0) is 6.54 Å². The highest BCUT2D eigenvalue weighted by Crippen LogP contribution is 2.23. The van der Waals surface area contributed by atoms with Crippen molar-refractivity contribution in [2.45, 2.75) is 20.4 Å². The summed E-state index contributed by atoms with van der Waals surface area (Å²) in [5.41, 5.74) is 8.46. The van der Waals surface area contributed by atoms with Crippen LogP contribution < -0.4 is 10.5 Å². The summed E-state index contributed by atoms with van der Waals surface area (Å²) in [5, 5.41) is 12.9. The van der Waals surface area contributed by atoms with Crippen molar-refractivity contribution in [3.8, 4) is 0 Å². The fourth-order valence-electron chi connectivity index (χ4n) is 2.29. The lowest BCUT2D eigenvalue weighted by molar-refractivity contribution is -0.615. The summed E-state index contributed by atoms with van der Waals surface area (Å²) in [4.78, 5) is 12.1. The van der Waals surface area contributed by atoms with Crippen molar-refractivity contribution in [3.05, 3.63) is 44.7 Å². The number of anilines is 1. The topological polar surface area (TPSA) is 96.6 Å². The molecule has 0 radical (unpaired) electrons. The zero-order chi connectivity index (χ0) is 16.0. The third-order valence-electron chi connectivity index (χ3n) is 3.44. The van der Waals surface area contributed by atoms with E-state index < -0.39 is 0 Å². The molecule has 0 aliphatic carbocycles. The summed E-state index contributed by atoms with van der Waals surface area (Å²) in [6.45, 7) is 3.83. The molecule has 3 rings (SSSR count). The Labute approximate surface area is 135 Å². The van der Waals surface area contributed by atoms with Gasteiger partial charge in [-0.2, -0.15) is 14.7 Å². The highest BCUT2D eigenvalue weighted by Gasteiger charge is 2.19. The van der Waals surface area contributed by atoms with E-state index in [2.05, 4.69) is 15.0 Å². The first kappa shape index (κ1) is 14.8. The van der Waals surface area contributed by atoms with E-state index in [1.165, 1.54) is 12.5 Å². The van der Waals surface area contributed by atoms with Crippen molar-refractivity contribution in [1.82, 2.24) is 19.5 Å². The Bertz CT molecular complexity index is 892. The minimum Gasteiger partial charge on any atom is -0.618 e. The third-order valence-corrected chi connectivity index (χ3v) is 4.29. The Hall–Kier alpha value is -2.12. The Kier molecular flexibility index (Phi) is 3.54. The molecule has 0 aliphatic heterocycles. The molecule has 7 nitrogen and oxygen atoms in total. The van der Waals surface area contributed by atoms with Gasteiger partial charge in [0.25, 0.3) is 0 Å². The van der Waals surface area contributed by atoms with Crippen molar-refractivity contribution in [1.29, 1.82) is 0 Å². The van der Waals surface area contributed by atoms with Gasteiger partial charge in [-0.3, -0.25) is 0 Å². The minimum atomic E-state index is 0.0490. The lowest BCUT2D eigenvalue weighted by Crippen LogP contribution is -2.34. The van der Waals surface area contributed by atoms with E-state index in [0.717, 1.165) is 10.3 Å². The first-order chi connectivity index (χ1) is 10.4. The largest absolute Gasteiger partial charge is 0.618 e. The van der Waals surface area contributed by atoms with Gasteiger partial charge in [0.1, 0.15) is 12.1 Å². The molecule has 9 heteroatoms. The molecular weight excluding hydrogens is 327 g/mol. The van der Waals surface area contributed by atoms with Crippen LogP contribution in [0, 0.1) is 19.1 Å². The number of nitrogen functional groups attached to an aromatic ring is 1. The van der Waals surface area contributed by atoms with Gasteiger partial charge < -0.3 is 15.5 Å². The number of hydrogen-bond donors (Lipinski definition) is 1. The third kappa shape index (κ3) is 2.32. The number of pyridine rings is 1. The predicted molar refractivity (Wildman–Crippen MR) is 83.7 cm³/mol. The predicted octanol–water partition coefficient (Wildman–Crippen LogP) is 2.01. The summed E-state index contributed by atoms with van der Waals surface area (Å²) in [6.07, 6.45) is 2.98. The number of halogens is 2. The van der Waals surface area contributed by atoms with E-state index >= 15 is 0 Å². The average molecular weight is 339 g/mol. The summed E-state index contributed by atoms with van der Waals surface area (Å²) in [7, 11) is 0. The molecule has 0 bridgehead atoms. The Morgan fingerprint density at radius 1 is 1.32 bits per heavy atom. The lowest BCUT2D eigenvalue weighted by atomic mass is 10.1. The minimum absolute atomic E-state index is 0.0490. The van der Waals surface area contributed by atoms with E-state index in [4.69, 9.17) is 28.9 Å². The standard InChI is InChI=1S/C13H12Cl2N6O/c1-6-3-21(22)8(7(2)9(6)14)4-20-5-17-10-11(15)18-13(16)19-12(10)20/h3,5H,4H2,1-2H3,(H2,16,18,19). The maximum atomic E-state index is 12.2. The molecule has 0 fully saturated rings. The van der Waals surface area contributed by atoms with Crippen LogP contribution in [0.4, 0.5) is 5.95 Å². The second-order valence-electron chi connectivity index (χ2n) is 4.94. The first-order valence-electron chi connectivity index (χ1n) is 6.40. The fourth-order valence-corrected chi connectivity index (χ4v) is 2.67. The number of nitrogens with two attached hydrogens (primary N) is 1. The van der Waals surface area contributed by atoms with Crippen LogP contribution in [0.15, 0.2) is 12.5 Å². The molecule has 0 saturated heterocycles. The highest BCUT2D eigenvalue weighted by atomic mass is 35.5. The molecule has 3 aromatic heterocycles. The van der Waals surface area contributed by atoms with E-state index in [1.54, 1.807) is 18.4 Å². The quantitative estimate of drug-likeness (QED) is 0.438. The van der Waals surface area contributed by atoms with Crippen LogP contribution in [0.1, 0.15) is 16.8 Å². The zero-order valence-corrected chi connectivity index (χ0v) is 13.4. The normalized spacial score (nSPS) is 11.3. The van der Waals surface area contributed by atoms with Gasteiger partial charge in [0.05, 0.1) is 11.3 Å². The van der Waals surface area contributed by atoms with Crippen molar-refractivity contribution in [2.24, 2.45) is 0 Å². The molecule has 0 amide bonds. The second-order valence-corrected chi connectivity index (χ2v) is 5.68. The van der Waals surface area contributed by atoms with Crippen LogP contribution in [0.25, 0.3) is 11.2 Å². The maximum Gasteiger partial charge on any atom is 0.223 e. The van der Waals surface area contributed by atoms with Gasteiger partial charge in [-0.05, 0) is 13.8 Å². The van der Waals surface area contributed by atoms with E-state index in [1.807, 2.05) is 0 Å². The fraction of sp³-hybridized carbons (Fsp3) is 0.231. The Balaban J connectivity index is 2.14. The molecule has 3 aromatic rings. The van der Waals surface area contributed by atoms with Gasteiger partial charge in [-0.15, -0.1) is 0 Å². The van der Waals surface area contributed by atoms with Gasteiger partial charge in [0, 0.05) is 11.1 Å². The maximum absolute atomic E-state index is 12.2. The molecular formula is C13H12Cl2N6O. The van der Waals surface area contributed by atoms with Crippen LogP contribution in [0.3, 0.4) is 0 Å². The SMILES string of the molecule is Cc1c[n+]([O-])c(Cn2cnc3c(Cl)nc(N)nc32)c(C)c1Cl. The van der Waals surface area contributed by atoms with Crippen LogP contribution in [-0.4, -0.2) is 19.5 Å². The monoisotopic (exact) mass is 338 g/mol. The van der Waals surface area contributed by atoms with Crippen LogP contribution >= 0.6 is 23.2 Å². The average Bonchev–Trinajstić information content (AvgIpc) is 2.84. The van der Waals surface area contributed by atoms with Gasteiger partial charge >= 0.3 is 0 Å². The smallest absolute Gasteiger partial charge is 0.223 e. The summed E-state index contributed by atoms with van der Waals surface area (Å²) < 4.78 is 2.48. The molecule has 0 aromatic carbocycles. The number of aromatic nitrogens is 5. The van der Waals surface area contributed by atoms with E-state index in [9.17, 15) is 5.21 Å². The van der Waals surface area contributed by atoms with Crippen LogP contribution in [0.5, 0.6) is 0 Å². The van der Waals surface area contributed by atoms with Crippen molar-refractivity contribution in [2.75, 3.05) is 5.73 Å². The van der Waals surface area contributed by atoms with E-state index in [0.29, 0.717) is 27.4 Å². The van der Waals surface area contributed by atoms with Crippen molar-refractivity contribution < 1.29 is 4.73 Å². The number of fused-ring (bicyclic) bond motifs is 1. The molecule has 22 heavy (non-hydrogen) atoms. The van der Waals surface area contributed by atoms with Crippen LogP contribution in [0.2, 0.25) is 10.2 Å².